The molecule has 0 aromatic heterocycles. The summed E-state index contributed by atoms with van der Waals surface area (Å²) in [5.74, 6) is 0.309. The SMILES string of the molecule is CC(C)SC1CCN(C)C1=O. The highest BCUT2D eigenvalue weighted by molar-refractivity contribution is 8.01. The van der Waals surface area contributed by atoms with Gasteiger partial charge in [0.25, 0.3) is 0 Å². The molecule has 0 aliphatic carbocycles. The monoisotopic (exact) mass is 173 g/mol. The van der Waals surface area contributed by atoms with Gasteiger partial charge >= 0.3 is 0 Å². The van der Waals surface area contributed by atoms with E-state index in [2.05, 4.69) is 13.8 Å². The Balaban J connectivity index is 2.42. The number of carbonyl (C=O) groups excluding carboxylic acids is 1. The van der Waals surface area contributed by atoms with E-state index in [9.17, 15) is 4.79 Å². The quantitative estimate of drug-likeness (QED) is 0.628. The summed E-state index contributed by atoms with van der Waals surface area (Å²) in [6, 6.07) is 0. The summed E-state index contributed by atoms with van der Waals surface area (Å²) >= 11 is 1.78. The second-order valence-corrected chi connectivity index (χ2v) is 5.01. The van der Waals surface area contributed by atoms with E-state index in [1.165, 1.54) is 0 Å². The maximum atomic E-state index is 11.3. The highest BCUT2D eigenvalue weighted by atomic mass is 32.2. The maximum Gasteiger partial charge on any atom is 0.235 e. The van der Waals surface area contributed by atoms with Crippen LogP contribution in [0.15, 0.2) is 0 Å². The molecule has 1 fully saturated rings. The van der Waals surface area contributed by atoms with E-state index in [1.807, 2.05) is 11.9 Å². The Labute approximate surface area is 72.3 Å². The van der Waals surface area contributed by atoms with E-state index < -0.39 is 0 Å². The third kappa shape index (κ3) is 2.12. The van der Waals surface area contributed by atoms with Crippen molar-refractivity contribution >= 4 is 17.7 Å². The van der Waals surface area contributed by atoms with Crippen molar-refractivity contribution in [3.8, 4) is 0 Å². The highest BCUT2D eigenvalue weighted by Gasteiger charge is 2.29. The van der Waals surface area contributed by atoms with Gasteiger partial charge in [0.2, 0.25) is 5.91 Å². The van der Waals surface area contributed by atoms with Crippen molar-refractivity contribution in [3.63, 3.8) is 0 Å². The van der Waals surface area contributed by atoms with Crippen molar-refractivity contribution < 1.29 is 4.79 Å². The van der Waals surface area contributed by atoms with Crippen LogP contribution in [0.3, 0.4) is 0 Å². The van der Waals surface area contributed by atoms with Gasteiger partial charge in [-0.3, -0.25) is 4.79 Å². The average molecular weight is 173 g/mol. The molecule has 1 heterocycles. The number of amides is 1. The normalized spacial score (nSPS) is 25.3. The fraction of sp³-hybridized carbons (Fsp3) is 0.875. The zero-order valence-corrected chi connectivity index (χ0v) is 8.15. The molecule has 0 aromatic carbocycles. The maximum absolute atomic E-state index is 11.3. The van der Waals surface area contributed by atoms with Gasteiger partial charge < -0.3 is 4.90 Å². The molecule has 1 amide bonds. The lowest BCUT2D eigenvalue weighted by Gasteiger charge is -2.11. The van der Waals surface area contributed by atoms with E-state index >= 15 is 0 Å². The van der Waals surface area contributed by atoms with Gasteiger partial charge in [0, 0.05) is 13.6 Å². The number of likely N-dealkylation sites (tertiary alicyclic amines) is 1. The largest absolute Gasteiger partial charge is 0.345 e. The molecular formula is C8H15NOS. The summed E-state index contributed by atoms with van der Waals surface area (Å²) in [6.07, 6.45) is 1.03. The van der Waals surface area contributed by atoms with Crippen molar-refractivity contribution in [2.75, 3.05) is 13.6 Å². The average Bonchev–Trinajstić information content (AvgIpc) is 2.18. The van der Waals surface area contributed by atoms with Crippen molar-refractivity contribution in [3.05, 3.63) is 0 Å². The minimum atomic E-state index is 0.236. The van der Waals surface area contributed by atoms with Crippen LogP contribution in [0.2, 0.25) is 0 Å². The van der Waals surface area contributed by atoms with Gasteiger partial charge in [-0.25, -0.2) is 0 Å². The van der Waals surface area contributed by atoms with Gasteiger partial charge in [-0.2, -0.15) is 0 Å². The fourth-order valence-electron chi connectivity index (χ4n) is 1.25. The van der Waals surface area contributed by atoms with Crippen LogP contribution in [0.4, 0.5) is 0 Å². The van der Waals surface area contributed by atoms with E-state index in [4.69, 9.17) is 0 Å². The molecule has 1 rings (SSSR count). The van der Waals surface area contributed by atoms with Crippen LogP contribution in [-0.4, -0.2) is 34.9 Å². The number of rotatable bonds is 2. The van der Waals surface area contributed by atoms with Crippen LogP contribution in [-0.2, 0) is 4.79 Å². The van der Waals surface area contributed by atoms with Crippen molar-refractivity contribution in [1.29, 1.82) is 0 Å². The first kappa shape index (κ1) is 8.91. The first-order valence-electron chi connectivity index (χ1n) is 4.01. The first-order valence-corrected chi connectivity index (χ1v) is 4.96. The number of thioether (sulfide) groups is 1. The molecule has 2 nitrogen and oxygen atoms in total. The Morgan fingerprint density at radius 1 is 1.64 bits per heavy atom. The Morgan fingerprint density at radius 3 is 2.64 bits per heavy atom. The highest BCUT2D eigenvalue weighted by Crippen LogP contribution is 2.26. The Bertz CT molecular complexity index is 158. The lowest BCUT2D eigenvalue weighted by molar-refractivity contribution is -0.126. The van der Waals surface area contributed by atoms with Crippen LogP contribution in [0.5, 0.6) is 0 Å². The summed E-state index contributed by atoms with van der Waals surface area (Å²) in [4.78, 5) is 13.2. The Morgan fingerprint density at radius 2 is 2.27 bits per heavy atom. The Kier molecular flexibility index (Phi) is 2.82. The summed E-state index contributed by atoms with van der Waals surface area (Å²) in [5, 5.41) is 0.801. The van der Waals surface area contributed by atoms with Gasteiger partial charge in [-0.1, -0.05) is 13.8 Å². The number of hydrogen-bond acceptors (Lipinski definition) is 2. The summed E-state index contributed by atoms with van der Waals surface area (Å²) in [7, 11) is 1.88. The van der Waals surface area contributed by atoms with Crippen molar-refractivity contribution in [2.24, 2.45) is 0 Å². The van der Waals surface area contributed by atoms with Crippen LogP contribution < -0.4 is 0 Å². The first-order chi connectivity index (χ1) is 5.11. The molecular weight excluding hydrogens is 158 g/mol. The lowest BCUT2D eigenvalue weighted by atomic mass is 10.4. The molecule has 1 unspecified atom stereocenters. The van der Waals surface area contributed by atoms with Crippen LogP contribution in [0.25, 0.3) is 0 Å². The van der Waals surface area contributed by atoms with E-state index in [1.54, 1.807) is 11.8 Å². The van der Waals surface area contributed by atoms with E-state index in [0.29, 0.717) is 11.2 Å². The third-order valence-corrected chi connectivity index (χ3v) is 3.12. The van der Waals surface area contributed by atoms with Crippen molar-refractivity contribution in [2.45, 2.75) is 30.8 Å². The minimum Gasteiger partial charge on any atom is -0.345 e. The minimum absolute atomic E-state index is 0.236. The molecule has 0 saturated carbocycles. The smallest absolute Gasteiger partial charge is 0.235 e. The second-order valence-electron chi connectivity index (χ2n) is 3.22. The molecule has 1 aliphatic heterocycles. The van der Waals surface area contributed by atoms with Gasteiger partial charge in [0.1, 0.15) is 0 Å². The standard InChI is InChI=1S/C8H15NOS/c1-6(2)11-7-4-5-9(3)8(7)10/h6-7H,4-5H2,1-3H3. The molecule has 11 heavy (non-hydrogen) atoms. The fourth-order valence-corrected chi connectivity index (χ4v) is 2.44. The van der Waals surface area contributed by atoms with Gasteiger partial charge in [0.05, 0.1) is 5.25 Å². The number of nitrogens with zero attached hydrogens (tertiary/aromatic N) is 1. The van der Waals surface area contributed by atoms with Crippen LogP contribution in [0, 0.1) is 0 Å². The molecule has 0 aromatic rings. The molecule has 0 spiro atoms. The number of carbonyl (C=O) groups is 1. The van der Waals surface area contributed by atoms with Crippen molar-refractivity contribution in [1.82, 2.24) is 4.90 Å². The predicted molar refractivity (Wildman–Crippen MR) is 48.8 cm³/mol. The predicted octanol–water partition coefficient (Wildman–Crippen LogP) is 1.36. The Hall–Kier alpha value is -0.180. The lowest BCUT2D eigenvalue weighted by Crippen LogP contribution is -2.24. The zero-order valence-electron chi connectivity index (χ0n) is 7.33. The molecule has 0 radical (unpaired) electrons. The van der Waals surface area contributed by atoms with E-state index in [-0.39, 0.29) is 5.25 Å². The summed E-state index contributed by atoms with van der Waals surface area (Å²) in [5.41, 5.74) is 0. The third-order valence-electron chi connectivity index (χ3n) is 1.81. The summed E-state index contributed by atoms with van der Waals surface area (Å²) < 4.78 is 0. The van der Waals surface area contributed by atoms with Gasteiger partial charge in [-0.15, -0.1) is 11.8 Å². The number of hydrogen-bond donors (Lipinski definition) is 0. The molecule has 1 atom stereocenters. The van der Waals surface area contributed by atoms with Crippen LogP contribution in [0.1, 0.15) is 20.3 Å². The molecule has 3 heteroatoms. The second kappa shape index (κ2) is 3.48. The van der Waals surface area contributed by atoms with E-state index in [0.717, 1.165) is 13.0 Å². The molecule has 0 N–H and O–H groups in total. The molecule has 0 bridgehead atoms. The molecule has 64 valence electrons. The van der Waals surface area contributed by atoms with Crippen LogP contribution >= 0.6 is 11.8 Å². The topological polar surface area (TPSA) is 20.3 Å². The van der Waals surface area contributed by atoms with Gasteiger partial charge in [-0.05, 0) is 11.7 Å². The van der Waals surface area contributed by atoms with Gasteiger partial charge in [0.15, 0.2) is 0 Å². The molecule has 1 aliphatic rings. The summed E-state index contributed by atoms with van der Waals surface area (Å²) in [6.45, 7) is 5.20. The molecule has 1 saturated heterocycles. The zero-order chi connectivity index (χ0) is 8.43.